The van der Waals surface area contributed by atoms with Gasteiger partial charge in [0.15, 0.2) is 11.5 Å². The first-order valence-corrected chi connectivity index (χ1v) is 9.75. The zero-order valence-corrected chi connectivity index (χ0v) is 16.9. The van der Waals surface area contributed by atoms with E-state index >= 15 is 0 Å². The lowest BCUT2D eigenvalue weighted by molar-refractivity contribution is -0.129. The number of amides is 2. The molecule has 2 aliphatic rings. The molecule has 12 heteroatoms. The lowest BCUT2D eigenvalue weighted by Crippen LogP contribution is -2.55. The van der Waals surface area contributed by atoms with Gasteiger partial charge in [0.2, 0.25) is 5.91 Å². The molecule has 2 aliphatic heterocycles. The molecule has 2 amide bonds. The number of aromatic nitrogens is 2. The van der Waals surface area contributed by atoms with Crippen LogP contribution in [0.5, 0.6) is 5.75 Å². The molecule has 8 nitrogen and oxygen atoms in total. The van der Waals surface area contributed by atoms with Gasteiger partial charge in [0.25, 0.3) is 11.8 Å². The number of carbonyl (C=O) groups is 2. The van der Waals surface area contributed by atoms with Gasteiger partial charge in [0.1, 0.15) is 29.5 Å². The van der Waals surface area contributed by atoms with Crippen molar-refractivity contribution in [2.75, 3.05) is 31.1 Å². The van der Waals surface area contributed by atoms with E-state index in [1.165, 1.54) is 19.3 Å². The van der Waals surface area contributed by atoms with E-state index in [0.717, 1.165) is 23.1 Å². The molecule has 1 N–H and O–H groups in total. The Morgan fingerprint density at radius 1 is 1.09 bits per heavy atom. The Kier molecular flexibility index (Phi) is 5.61. The van der Waals surface area contributed by atoms with Crippen molar-refractivity contribution in [2.45, 2.75) is 25.0 Å². The van der Waals surface area contributed by atoms with Crippen LogP contribution < -0.4 is 15.0 Å². The minimum Gasteiger partial charge on any atom is -0.487 e. The number of rotatable bonds is 5. The number of nitrogens with one attached hydrogen (secondary N) is 1. The molecular formula is C20H19F4N5O3. The predicted molar refractivity (Wildman–Crippen MR) is 103 cm³/mol. The maximum atomic E-state index is 14.2. The average molecular weight is 453 g/mol. The van der Waals surface area contributed by atoms with E-state index in [4.69, 9.17) is 4.74 Å². The lowest BCUT2D eigenvalue weighted by atomic mass is 10.1. The summed E-state index contributed by atoms with van der Waals surface area (Å²) in [6, 6.07) is 1.29. The second-order valence-corrected chi connectivity index (χ2v) is 7.67. The van der Waals surface area contributed by atoms with E-state index < -0.39 is 48.1 Å². The van der Waals surface area contributed by atoms with Crippen molar-refractivity contribution in [1.82, 2.24) is 20.2 Å². The van der Waals surface area contributed by atoms with Gasteiger partial charge in [-0.1, -0.05) is 0 Å². The molecule has 0 saturated carbocycles. The third kappa shape index (κ3) is 4.43. The minimum atomic E-state index is -3.28. The fraction of sp³-hybridized carbons (Fsp3) is 0.400. The summed E-state index contributed by atoms with van der Waals surface area (Å²) in [6.45, 7) is 0.588. The number of ether oxygens (including phenoxy) is 1. The molecule has 0 radical (unpaired) electrons. The molecule has 1 aromatic heterocycles. The molecule has 0 bridgehead atoms. The monoisotopic (exact) mass is 453 g/mol. The standard InChI is InChI=1S/C20H19F4N5O3/c1-11(30)29-9-16(20(23,24)10-29)27-19(31)17-18(26-3-2-25-17)28-7-15(8-28)32-14-5-12(21)4-13(22)6-14/h2-6,15-16H,7-10H2,1H3,(H,27,31)/t16-/m0/s1. The molecule has 0 aliphatic carbocycles. The minimum absolute atomic E-state index is 0.0303. The van der Waals surface area contributed by atoms with E-state index in [1.807, 2.05) is 0 Å². The number of halogens is 4. The molecule has 2 aromatic rings. The number of hydrogen-bond acceptors (Lipinski definition) is 6. The molecule has 1 atom stereocenters. The quantitative estimate of drug-likeness (QED) is 0.693. The third-order valence-electron chi connectivity index (χ3n) is 5.25. The Morgan fingerprint density at radius 2 is 1.75 bits per heavy atom. The van der Waals surface area contributed by atoms with Crippen LogP contribution in [0.1, 0.15) is 17.4 Å². The van der Waals surface area contributed by atoms with Crippen molar-refractivity contribution in [3.63, 3.8) is 0 Å². The van der Waals surface area contributed by atoms with E-state index in [1.54, 1.807) is 4.90 Å². The Bertz CT molecular complexity index is 1030. The summed E-state index contributed by atoms with van der Waals surface area (Å²) in [5.74, 6) is -5.97. The van der Waals surface area contributed by atoms with E-state index in [9.17, 15) is 27.2 Å². The van der Waals surface area contributed by atoms with Crippen LogP contribution in [0.2, 0.25) is 0 Å². The van der Waals surface area contributed by atoms with Crippen molar-refractivity contribution in [3.05, 3.63) is 47.9 Å². The molecule has 4 rings (SSSR count). The third-order valence-corrected chi connectivity index (χ3v) is 5.25. The van der Waals surface area contributed by atoms with Crippen LogP contribution in [0.3, 0.4) is 0 Å². The molecule has 32 heavy (non-hydrogen) atoms. The van der Waals surface area contributed by atoms with Gasteiger partial charge in [0, 0.05) is 44.1 Å². The van der Waals surface area contributed by atoms with Gasteiger partial charge < -0.3 is 19.9 Å². The van der Waals surface area contributed by atoms with E-state index in [2.05, 4.69) is 15.3 Å². The van der Waals surface area contributed by atoms with Crippen LogP contribution in [0.25, 0.3) is 0 Å². The lowest BCUT2D eigenvalue weighted by Gasteiger charge is -2.40. The van der Waals surface area contributed by atoms with Crippen molar-refractivity contribution in [1.29, 1.82) is 0 Å². The molecule has 0 spiro atoms. The first-order valence-electron chi connectivity index (χ1n) is 9.75. The Labute approximate surface area is 180 Å². The normalized spacial score (nSPS) is 20.1. The summed E-state index contributed by atoms with van der Waals surface area (Å²) in [6.07, 6.45) is 2.19. The number of hydrogen-bond donors (Lipinski definition) is 1. The van der Waals surface area contributed by atoms with Crippen molar-refractivity contribution < 1.29 is 31.9 Å². The highest BCUT2D eigenvalue weighted by Crippen LogP contribution is 2.29. The largest absolute Gasteiger partial charge is 0.487 e. The molecule has 2 saturated heterocycles. The summed E-state index contributed by atoms with van der Waals surface area (Å²) >= 11 is 0. The van der Waals surface area contributed by atoms with Gasteiger partial charge >= 0.3 is 0 Å². The van der Waals surface area contributed by atoms with E-state index in [0.29, 0.717) is 0 Å². The Hall–Kier alpha value is -3.44. The summed E-state index contributed by atoms with van der Waals surface area (Å²) in [5, 5.41) is 2.25. The zero-order chi connectivity index (χ0) is 23.0. The summed E-state index contributed by atoms with van der Waals surface area (Å²) in [7, 11) is 0. The number of likely N-dealkylation sites (tertiary alicyclic amines) is 1. The van der Waals surface area contributed by atoms with Crippen molar-refractivity contribution in [3.8, 4) is 5.75 Å². The van der Waals surface area contributed by atoms with Gasteiger partial charge in [-0.25, -0.2) is 27.5 Å². The van der Waals surface area contributed by atoms with E-state index in [-0.39, 0.29) is 36.9 Å². The number of alkyl halides is 2. The van der Waals surface area contributed by atoms with Crippen molar-refractivity contribution >= 4 is 17.6 Å². The Balaban J connectivity index is 1.41. The molecule has 2 fully saturated rings. The topological polar surface area (TPSA) is 87.7 Å². The highest BCUT2D eigenvalue weighted by Gasteiger charge is 2.50. The number of anilines is 1. The predicted octanol–water partition coefficient (Wildman–Crippen LogP) is 1.62. The van der Waals surface area contributed by atoms with Gasteiger partial charge in [-0.05, 0) is 0 Å². The first-order chi connectivity index (χ1) is 15.1. The fourth-order valence-electron chi connectivity index (χ4n) is 3.60. The van der Waals surface area contributed by atoms with Crippen LogP contribution in [0.4, 0.5) is 23.4 Å². The summed E-state index contributed by atoms with van der Waals surface area (Å²) in [5.41, 5.74) is -0.153. The molecule has 1 aromatic carbocycles. The van der Waals surface area contributed by atoms with Crippen LogP contribution in [0.15, 0.2) is 30.6 Å². The number of nitrogens with zero attached hydrogens (tertiary/aromatic N) is 4. The Morgan fingerprint density at radius 3 is 2.38 bits per heavy atom. The van der Waals surface area contributed by atoms with Crippen molar-refractivity contribution in [2.24, 2.45) is 0 Å². The number of benzene rings is 1. The summed E-state index contributed by atoms with van der Waals surface area (Å²) < 4.78 is 60.6. The van der Waals surface area contributed by atoms with Crippen LogP contribution in [0, 0.1) is 11.6 Å². The second kappa shape index (κ2) is 8.24. The second-order valence-electron chi connectivity index (χ2n) is 7.67. The maximum Gasteiger partial charge on any atom is 0.286 e. The first kappa shape index (κ1) is 21.8. The highest BCUT2D eigenvalue weighted by molar-refractivity contribution is 5.97. The SMILES string of the molecule is CC(=O)N1C[C@H](NC(=O)c2nccnc2N2CC(Oc3cc(F)cc(F)c3)C2)C(F)(F)C1. The number of carbonyl (C=O) groups excluding carboxylic acids is 2. The maximum absolute atomic E-state index is 14.2. The van der Waals surface area contributed by atoms with Crippen LogP contribution in [-0.2, 0) is 4.79 Å². The van der Waals surface area contributed by atoms with Crippen LogP contribution >= 0.6 is 0 Å². The highest BCUT2D eigenvalue weighted by atomic mass is 19.3. The summed E-state index contributed by atoms with van der Waals surface area (Å²) in [4.78, 5) is 34.8. The smallest absolute Gasteiger partial charge is 0.286 e. The van der Waals surface area contributed by atoms with Crippen LogP contribution in [-0.4, -0.2) is 70.9 Å². The average Bonchev–Trinajstić information content (AvgIpc) is 2.98. The van der Waals surface area contributed by atoms with Gasteiger partial charge in [-0.15, -0.1) is 0 Å². The van der Waals surface area contributed by atoms with Gasteiger partial charge in [-0.3, -0.25) is 9.59 Å². The fourth-order valence-corrected chi connectivity index (χ4v) is 3.60. The van der Waals surface area contributed by atoms with Gasteiger partial charge in [-0.2, -0.15) is 0 Å². The molecule has 3 heterocycles. The molecular weight excluding hydrogens is 434 g/mol. The zero-order valence-electron chi connectivity index (χ0n) is 16.9. The van der Waals surface area contributed by atoms with Gasteiger partial charge in [0.05, 0.1) is 19.6 Å². The molecule has 0 unspecified atom stereocenters. The molecule has 170 valence electrons.